The highest BCUT2D eigenvalue weighted by atomic mass is 35.5. The van der Waals surface area contributed by atoms with Crippen LogP contribution in [0.2, 0.25) is 5.02 Å². The molecule has 22 heavy (non-hydrogen) atoms. The summed E-state index contributed by atoms with van der Waals surface area (Å²) in [6.45, 7) is 0.233. The maximum absolute atomic E-state index is 11.7. The molecule has 0 radical (unpaired) electrons. The molecule has 6 nitrogen and oxygen atoms in total. The summed E-state index contributed by atoms with van der Waals surface area (Å²) in [5.41, 5.74) is 0.334. The van der Waals surface area contributed by atoms with E-state index in [1.165, 1.54) is 6.07 Å². The lowest BCUT2D eigenvalue weighted by Crippen LogP contribution is -2.14. The molecule has 0 bridgehead atoms. The number of rotatable bonds is 6. The zero-order valence-corrected chi connectivity index (χ0v) is 12.2. The predicted octanol–water partition coefficient (Wildman–Crippen LogP) is 3.66. The van der Waals surface area contributed by atoms with Gasteiger partial charge in [-0.05, 0) is 30.3 Å². The van der Waals surface area contributed by atoms with Gasteiger partial charge in [-0.3, -0.25) is 14.9 Å². The van der Waals surface area contributed by atoms with Crippen LogP contribution >= 0.6 is 11.6 Å². The van der Waals surface area contributed by atoms with Gasteiger partial charge >= 0.3 is 5.97 Å². The Morgan fingerprint density at radius 3 is 2.55 bits per heavy atom. The summed E-state index contributed by atoms with van der Waals surface area (Å²) in [6, 6.07) is 12.7. The lowest BCUT2D eigenvalue weighted by molar-refractivity contribution is -0.384. The monoisotopic (exact) mass is 320 g/mol. The van der Waals surface area contributed by atoms with Crippen LogP contribution in [0.1, 0.15) is 6.42 Å². The van der Waals surface area contributed by atoms with Crippen LogP contribution < -0.4 is 10.1 Å². The third-order valence-corrected chi connectivity index (χ3v) is 3.04. The number of anilines is 1. The van der Waals surface area contributed by atoms with Crippen molar-refractivity contribution >= 4 is 28.9 Å². The first-order chi connectivity index (χ1) is 10.6. The van der Waals surface area contributed by atoms with Gasteiger partial charge in [0.15, 0.2) is 0 Å². The van der Waals surface area contributed by atoms with Gasteiger partial charge in [0, 0.05) is 17.6 Å². The third kappa shape index (κ3) is 4.46. The molecule has 0 atom stereocenters. The van der Waals surface area contributed by atoms with E-state index in [0.29, 0.717) is 16.5 Å². The fourth-order valence-electron chi connectivity index (χ4n) is 1.77. The number of nitro benzene ring substituents is 1. The summed E-state index contributed by atoms with van der Waals surface area (Å²) >= 11 is 5.73. The molecule has 0 amide bonds. The molecule has 0 spiro atoms. The lowest BCUT2D eigenvalue weighted by atomic mass is 10.2. The molecule has 2 rings (SSSR count). The van der Waals surface area contributed by atoms with E-state index in [0.717, 1.165) is 0 Å². The number of ether oxygens (including phenoxy) is 1. The molecule has 0 saturated heterocycles. The highest BCUT2D eigenvalue weighted by molar-refractivity contribution is 6.30. The van der Waals surface area contributed by atoms with Crippen molar-refractivity contribution in [2.75, 3.05) is 11.9 Å². The second kappa shape index (κ2) is 7.42. The molecule has 0 saturated carbocycles. The second-order valence-corrected chi connectivity index (χ2v) is 4.82. The minimum absolute atomic E-state index is 0.0337. The van der Waals surface area contributed by atoms with Gasteiger partial charge in [0.2, 0.25) is 0 Å². The summed E-state index contributed by atoms with van der Waals surface area (Å²) in [4.78, 5) is 22.1. The summed E-state index contributed by atoms with van der Waals surface area (Å²) in [5.74, 6) is -0.0338. The highest BCUT2D eigenvalue weighted by Gasteiger charge is 2.12. The van der Waals surface area contributed by atoms with Gasteiger partial charge in [0.1, 0.15) is 11.4 Å². The van der Waals surface area contributed by atoms with Gasteiger partial charge in [-0.2, -0.15) is 0 Å². The Morgan fingerprint density at radius 2 is 1.86 bits per heavy atom. The average Bonchev–Trinajstić information content (AvgIpc) is 2.50. The van der Waals surface area contributed by atoms with E-state index in [4.69, 9.17) is 16.3 Å². The molecule has 0 aliphatic carbocycles. The molecule has 114 valence electrons. The van der Waals surface area contributed by atoms with Gasteiger partial charge in [-0.15, -0.1) is 0 Å². The van der Waals surface area contributed by atoms with Crippen molar-refractivity contribution in [2.45, 2.75) is 6.42 Å². The van der Waals surface area contributed by atoms with Crippen LogP contribution in [0.15, 0.2) is 48.5 Å². The Morgan fingerprint density at radius 1 is 1.18 bits per heavy atom. The minimum Gasteiger partial charge on any atom is -0.426 e. The molecule has 0 aliphatic heterocycles. The predicted molar refractivity (Wildman–Crippen MR) is 83.3 cm³/mol. The number of halogens is 1. The normalized spacial score (nSPS) is 10.0. The maximum Gasteiger partial charge on any atom is 0.312 e. The van der Waals surface area contributed by atoms with Crippen molar-refractivity contribution in [3.63, 3.8) is 0 Å². The SMILES string of the molecule is O=C(CCNc1ccccc1[N+](=O)[O-])Oc1ccc(Cl)cc1. The molecular weight excluding hydrogens is 308 g/mol. The zero-order chi connectivity index (χ0) is 15.9. The van der Waals surface area contributed by atoms with Gasteiger partial charge in [0.05, 0.1) is 11.3 Å². The fourth-order valence-corrected chi connectivity index (χ4v) is 1.89. The minimum atomic E-state index is -0.478. The van der Waals surface area contributed by atoms with E-state index < -0.39 is 10.9 Å². The van der Waals surface area contributed by atoms with Crippen molar-refractivity contribution in [1.29, 1.82) is 0 Å². The third-order valence-electron chi connectivity index (χ3n) is 2.79. The fraction of sp³-hybridized carbons (Fsp3) is 0.133. The Labute approximate surface area is 131 Å². The number of nitrogens with zero attached hydrogens (tertiary/aromatic N) is 1. The number of hydrogen-bond donors (Lipinski definition) is 1. The van der Waals surface area contributed by atoms with Gasteiger partial charge in [-0.1, -0.05) is 23.7 Å². The first-order valence-corrected chi connectivity index (χ1v) is 6.87. The zero-order valence-electron chi connectivity index (χ0n) is 11.5. The molecular formula is C15H13ClN2O4. The van der Waals surface area contributed by atoms with Crippen molar-refractivity contribution in [3.8, 4) is 5.75 Å². The lowest BCUT2D eigenvalue weighted by Gasteiger charge is -2.07. The molecule has 2 aromatic carbocycles. The first-order valence-electron chi connectivity index (χ1n) is 6.50. The van der Waals surface area contributed by atoms with Crippen LogP contribution in [0.25, 0.3) is 0 Å². The van der Waals surface area contributed by atoms with Crippen molar-refractivity contribution in [3.05, 3.63) is 63.7 Å². The van der Waals surface area contributed by atoms with Crippen LogP contribution in [-0.2, 0) is 4.79 Å². The van der Waals surface area contributed by atoms with E-state index in [2.05, 4.69) is 5.32 Å². The van der Waals surface area contributed by atoms with Crippen molar-refractivity contribution < 1.29 is 14.5 Å². The number of esters is 1. The van der Waals surface area contributed by atoms with E-state index in [9.17, 15) is 14.9 Å². The number of carbonyl (C=O) groups is 1. The highest BCUT2D eigenvalue weighted by Crippen LogP contribution is 2.23. The van der Waals surface area contributed by atoms with Crippen LogP contribution in [0.4, 0.5) is 11.4 Å². The Kier molecular flexibility index (Phi) is 5.32. The maximum atomic E-state index is 11.7. The number of hydrogen-bond acceptors (Lipinski definition) is 5. The van der Waals surface area contributed by atoms with Crippen LogP contribution in [-0.4, -0.2) is 17.4 Å². The summed E-state index contributed by atoms with van der Waals surface area (Å²) in [7, 11) is 0. The molecule has 0 fully saturated rings. The second-order valence-electron chi connectivity index (χ2n) is 4.38. The standard InChI is InChI=1S/C15H13ClN2O4/c16-11-5-7-12(8-6-11)22-15(19)9-10-17-13-3-1-2-4-14(13)18(20)21/h1-8,17H,9-10H2. The van der Waals surface area contributed by atoms with Crippen LogP contribution in [0, 0.1) is 10.1 Å². The molecule has 0 unspecified atom stereocenters. The average molecular weight is 321 g/mol. The topological polar surface area (TPSA) is 81.5 Å². The van der Waals surface area contributed by atoms with E-state index >= 15 is 0 Å². The van der Waals surface area contributed by atoms with Crippen molar-refractivity contribution in [2.24, 2.45) is 0 Å². The van der Waals surface area contributed by atoms with Gasteiger partial charge in [-0.25, -0.2) is 0 Å². The van der Waals surface area contributed by atoms with Gasteiger partial charge in [0.25, 0.3) is 5.69 Å². The summed E-state index contributed by atoms with van der Waals surface area (Å²) in [5, 5.41) is 14.3. The smallest absolute Gasteiger partial charge is 0.312 e. The number of nitrogens with one attached hydrogen (secondary N) is 1. The largest absolute Gasteiger partial charge is 0.426 e. The molecule has 0 heterocycles. The van der Waals surface area contributed by atoms with Crippen LogP contribution in [0.3, 0.4) is 0 Å². The summed E-state index contributed by atoms with van der Waals surface area (Å²) in [6.07, 6.45) is 0.0781. The van der Waals surface area contributed by atoms with Gasteiger partial charge < -0.3 is 10.1 Å². The molecule has 0 aromatic heterocycles. The molecule has 2 aromatic rings. The Balaban J connectivity index is 1.85. The van der Waals surface area contributed by atoms with Crippen LogP contribution in [0.5, 0.6) is 5.75 Å². The number of nitro groups is 1. The number of carbonyl (C=O) groups excluding carboxylic acids is 1. The molecule has 0 aliphatic rings. The quantitative estimate of drug-likeness (QED) is 0.380. The Hall–Kier alpha value is -2.60. The number of benzene rings is 2. The first kappa shape index (κ1) is 15.8. The van der Waals surface area contributed by atoms with Crippen molar-refractivity contribution in [1.82, 2.24) is 0 Å². The number of para-hydroxylation sites is 2. The molecule has 7 heteroatoms. The van der Waals surface area contributed by atoms with E-state index in [1.54, 1.807) is 42.5 Å². The molecule has 1 N–H and O–H groups in total. The summed E-state index contributed by atoms with van der Waals surface area (Å²) < 4.78 is 5.11. The Bertz CT molecular complexity index is 673. The van der Waals surface area contributed by atoms with E-state index in [1.807, 2.05) is 0 Å². The van der Waals surface area contributed by atoms with E-state index in [-0.39, 0.29) is 18.7 Å².